The number of halogens is 1. The summed E-state index contributed by atoms with van der Waals surface area (Å²) >= 11 is 6.19. The summed E-state index contributed by atoms with van der Waals surface area (Å²) in [5.74, 6) is -0.0701. The number of carbonyl (C=O) groups is 1. The molecule has 2 rings (SSSR count). The van der Waals surface area contributed by atoms with E-state index in [2.05, 4.69) is 5.32 Å². The molecule has 0 unspecified atom stereocenters. The zero-order valence-electron chi connectivity index (χ0n) is 12.6. The summed E-state index contributed by atoms with van der Waals surface area (Å²) in [4.78, 5) is 12.0. The predicted octanol–water partition coefficient (Wildman–Crippen LogP) is 3.86. The molecule has 0 aromatic heterocycles. The topological polar surface area (TPSA) is 79.0 Å². The molecular weight excluding hydrogens is 310 g/mol. The third-order valence-corrected chi connectivity index (χ3v) is 3.70. The molecule has 0 bridgehead atoms. The van der Waals surface area contributed by atoms with Gasteiger partial charge in [0.25, 0.3) is 0 Å². The smallest absolute Gasteiger partial charge is 0.224 e. The summed E-state index contributed by atoms with van der Waals surface area (Å²) in [6.07, 6.45) is 3.55. The standard InChI is InChI=1S/C18H18ClN3O/c19-17-10-15(7-8-16(17)14(11-20)12-21)22-18(23)9-6-13-4-2-1-3-5-13/h1-5,7-8,10-12,20H,6,9,21H2,(H,22,23)/b14-12+,20-11?. The Morgan fingerprint density at radius 2 is 1.96 bits per heavy atom. The molecule has 2 aromatic rings. The molecule has 1 amide bonds. The van der Waals surface area contributed by atoms with Crippen LogP contribution in [0.3, 0.4) is 0 Å². The fourth-order valence-electron chi connectivity index (χ4n) is 2.17. The quantitative estimate of drug-likeness (QED) is 0.704. The molecule has 23 heavy (non-hydrogen) atoms. The molecule has 0 aliphatic heterocycles. The van der Waals surface area contributed by atoms with Crippen LogP contribution in [0.2, 0.25) is 5.02 Å². The van der Waals surface area contributed by atoms with E-state index < -0.39 is 0 Å². The van der Waals surface area contributed by atoms with E-state index in [4.69, 9.17) is 22.7 Å². The van der Waals surface area contributed by atoms with Gasteiger partial charge >= 0.3 is 0 Å². The largest absolute Gasteiger partial charge is 0.404 e. The molecule has 0 atom stereocenters. The van der Waals surface area contributed by atoms with Gasteiger partial charge in [-0.25, -0.2) is 0 Å². The number of nitrogens with two attached hydrogens (primary N) is 1. The van der Waals surface area contributed by atoms with Gasteiger partial charge in [0.15, 0.2) is 0 Å². The third-order valence-electron chi connectivity index (χ3n) is 3.38. The highest BCUT2D eigenvalue weighted by atomic mass is 35.5. The van der Waals surface area contributed by atoms with Crippen LogP contribution in [-0.2, 0) is 11.2 Å². The van der Waals surface area contributed by atoms with Crippen molar-refractivity contribution in [2.24, 2.45) is 5.73 Å². The molecule has 4 nitrogen and oxygen atoms in total. The van der Waals surface area contributed by atoms with E-state index in [1.165, 1.54) is 6.20 Å². The van der Waals surface area contributed by atoms with Crippen LogP contribution in [-0.4, -0.2) is 12.1 Å². The van der Waals surface area contributed by atoms with Gasteiger partial charge in [0.1, 0.15) is 0 Å². The second-order valence-electron chi connectivity index (χ2n) is 4.99. The van der Waals surface area contributed by atoms with E-state index in [0.29, 0.717) is 34.7 Å². The van der Waals surface area contributed by atoms with Crippen LogP contribution < -0.4 is 11.1 Å². The van der Waals surface area contributed by atoms with E-state index in [9.17, 15) is 4.79 Å². The third kappa shape index (κ3) is 4.69. The number of benzene rings is 2. The molecule has 0 saturated carbocycles. The molecule has 0 aliphatic carbocycles. The second-order valence-corrected chi connectivity index (χ2v) is 5.40. The molecular formula is C18H18ClN3O. The summed E-state index contributed by atoms with van der Waals surface area (Å²) in [5, 5.41) is 10.6. The van der Waals surface area contributed by atoms with E-state index in [-0.39, 0.29) is 5.91 Å². The number of allylic oxidation sites excluding steroid dienone is 1. The SMILES string of the molecule is N=C/C(=C\N)c1ccc(NC(=O)CCc2ccccc2)cc1Cl. The minimum Gasteiger partial charge on any atom is -0.404 e. The lowest BCUT2D eigenvalue weighted by atomic mass is 10.1. The van der Waals surface area contributed by atoms with Crippen molar-refractivity contribution in [1.82, 2.24) is 0 Å². The first-order valence-electron chi connectivity index (χ1n) is 7.20. The van der Waals surface area contributed by atoms with Crippen LogP contribution in [0, 0.1) is 5.41 Å². The minimum absolute atomic E-state index is 0.0701. The van der Waals surface area contributed by atoms with Gasteiger partial charge in [-0.3, -0.25) is 4.79 Å². The average molecular weight is 328 g/mol. The van der Waals surface area contributed by atoms with Gasteiger partial charge in [-0.2, -0.15) is 0 Å². The van der Waals surface area contributed by atoms with E-state index in [1.807, 2.05) is 30.3 Å². The maximum absolute atomic E-state index is 12.0. The monoisotopic (exact) mass is 327 g/mol. The van der Waals surface area contributed by atoms with E-state index in [1.54, 1.807) is 18.2 Å². The Labute approximate surface area is 140 Å². The first-order valence-corrected chi connectivity index (χ1v) is 7.58. The number of amides is 1. The summed E-state index contributed by atoms with van der Waals surface area (Å²) in [6.45, 7) is 0. The zero-order valence-corrected chi connectivity index (χ0v) is 13.3. The van der Waals surface area contributed by atoms with Crippen LogP contribution in [0.15, 0.2) is 54.7 Å². The summed E-state index contributed by atoms with van der Waals surface area (Å²) < 4.78 is 0. The Balaban J connectivity index is 1.99. The van der Waals surface area contributed by atoms with Crippen molar-refractivity contribution >= 4 is 35.0 Å². The highest BCUT2D eigenvalue weighted by Crippen LogP contribution is 2.26. The molecule has 0 aliphatic rings. The maximum atomic E-state index is 12.0. The van der Waals surface area contributed by atoms with Crippen molar-refractivity contribution in [1.29, 1.82) is 5.41 Å². The Morgan fingerprint density at radius 1 is 1.22 bits per heavy atom. The van der Waals surface area contributed by atoms with E-state index >= 15 is 0 Å². The highest BCUT2D eigenvalue weighted by Gasteiger charge is 2.08. The van der Waals surface area contributed by atoms with E-state index in [0.717, 1.165) is 11.8 Å². The van der Waals surface area contributed by atoms with Gasteiger partial charge in [0, 0.05) is 35.7 Å². The Morgan fingerprint density at radius 3 is 2.57 bits per heavy atom. The highest BCUT2D eigenvalue weighted by molar-refractivity contribution is 6.34. The predicted molar refractivity (Wildman–Crippen MR) is 95.8 cm³/mol. The van der Waals surface area contributed by atoms with Crippen LogP contribution >= 0.6 is 11.6 Å². The van der Waals surface area contributed by atoms with Crippen LogP contribution in [0.25, 0.3) is 5.57 Å². The molecule has 118 valence electrons. The van der Waals surface area contributed by atoms with Gasteiger partial charge in [0.05, 0.1) is 5.02 Å². The maximum Gasteiger partial charge on any atom is 0.224 e. The number of nitrogens with one attached hydrogen (secondary N) is 2. The van der Waals surface area contributed by atoms with Crippen LogP contribution in [0.4, 0.5) is 5.69 Å². The molecule has 5 heteroatoms. The lowest BCUT2D eigenvalue weighted by molar-refractivity contribution is -0.116. The van der Waals surface area contributed by atoms with Crippen LogP contribution in [0.5, 0.6) is 0 Å². The fourth-order valence-corrected chi connectivity index (χ4v) is 2.46. The number of carbonyl (C=O) groups excluding carboxylic acids is 1. The molecule has 0 heterocycles. The van der Waals surface area contributed by atoms with Crippen LogP contribution in [0.1, 0.15) is 17.5 Å². The summed E-state index contributed by atoms with van der Waals surface area (Å²) in [6, 6.07) is 15.0. The Hall–Kier alpha value is -2.59. The Kier molecular flexibility index (Phi) is 5.94. The van der Waals surface area contributed by atoms with Crippen molar-refractivity contribution in [3.05, 3.63) is 70.9 Å². The Bertz CT molecular complexity index is 726. The van der Waals surface area contributed by atoms with Gasteiger partial charge in [-0.1, -0.05) is 48.0 Å². The fraction of sp³-hybridized carbons (Fsp3) is 0.111. The average Bonchev–Trinajstić information content (AvgIpc) is 2.57. The van der Waals surface area contributed by atoms with Gasteiger partial charge in [-0.15, -0.1) is 0 Å². The van der Waals surface area contributed by atoms with Crippen molar-refractivity contribution in [2.75, 3.05) is 5.32 Å². The van der Waals surface area contributed by atoms with Crippen molar-refractivity contribution < 1.29 is 4.79 Å². The first kappa shape index (κ1) is 16.8. The zero-order chi connectivity index (χ0) is 16.7. The molecule has 0 radical (unpaired) electrons. The molecule has 2 aromatic carbocycles. The number of aryl methyl sites for hydroxylation is 1. The molecule has 4 N–H and O–H groups in total. The number of rotatable bonds is 6. The number of hydrogen-bond acceptors (Lipinski definition) is 3. The lowest BCUT2D eigenvalue weighted by Crippen LogP contribution is -2.12. The van der Waals surface area contributed by atoms with Gasteiger partial charge in [-0.05, 0) is 24.1 Å². The minimum atomic E-state index is -0.0701. The molecule has 0 saturated heterocycles. The normalized spacial score (nSPS) is 11.1. The number of anilines is 1. The van der Waals surface area contributed by atoms with Gasteiger partial charge in [0.2, 0.25) is 5.91 Å². The lowest BCUT2D eigenvalue weighted by Gasteiger charge is -2.09. The second kappa shape index (κ2) is 8.15. The summed E-state index contributed by atoms with van der Waals surface area (Å²) in [7, 11) is 0. The van der Waals surface area contributed by atoms with Crippen molar-refractivity contribution in [3.63, 3.8) is 0 Å². The number of hydrogen-bond donors (Lipinski definition) is 3. The van der Waals surface area contributed by atoms with Gasteiger partial charge < -0.3 is 16.5 Å². The van der Waals surface area contributed by atoms with Crippen molar-refractivity contribution in [2.45, 2.75) is 12.8 Å². The van der Waals surface area contributed by atoms with Crippen molar-refractivity contribution in [3.8, 4) is 0 Å². The summed E-state index contributed by atoms with van der Waals surface area (Å²) in [5.41, 5.74) is 8.39. The first-order chi connectivity index (χ1) is 11.1. The molecule has 0 fully saturated rings. The molecule has 0 spiro atoms.